The Morgan fingerprint density at radius 2 is 1.06 bits per heavy atom. The van der Waals surface area contributed by atoms with E-state index in [0.717, 1.165) is 77.2 Å². The summed E-state index contributed by atoms with van der Waals surface area (Å²) in [6.45, 7) is 7.83. The highest BCUT2D eigenvalue weighted by Crippen LogP contribution is 2.40. The van der Waals surface area contributed by atoms with Crippen LogP contribution in [0.25, 0.3) is 82.1 Å². The van der Waals surface area contributed by atoms with E-state index >= 15 is 0 Å². The molecule has 2 aromatic heterocycles. The average Bonchev–Trinajstić information content (AvgIpc) is 3.70. The summed E-state index contributed by atoms with van der Waals surface area (Å²) in [5, 5.41) is 24.2. The van der Waals surface area contributed by atoms with Crippen molar-refractivity contribution >= 4 is 49.3 Å². The molecule has 7 aromatic carbocycles. The summed E-state index contributed by atoms with van der Waals surface area (Å²) in [5.41, 5.74) is 11.5. The van der Waals surface area contributed by atoms with Crippen molar-refractivity contribution in [1.29, 1.82) is 10.5 Å². The van der Waals surface area contributed by atoms with E-state index in [1.807, 2.05) is 84.9 Å². The zero-order valence-electron chi connectivity index (χ0n) is 26.7. The van der Waals surface area contributed by atoms with Gasteiger partial charge in [0.05, 0.1) is 51.5 Å². The minimum absolute atomic E-state index is 0.544. The molecule has 0 radical (unpaired) electrons. The first-order chi connectivity index (χ1) is 24.7. The molecule has 230 valence electrons. The molecule has 50 heavy (non-hydrogen) atoms. The summed E-state index contributed by atoms with van der Waals surface area (Å²) in [4.78, 5) is 3.79. The fraction of sp³-hybridized carbons (Fsp3) is 0. The fourth-order valence-corrected chi connectivity index (χ4v) is 7.36. The highest BCUT2D eigenvalue weighted by Gasteiger charge is 2.19. The van der Waals surface area contributed by atoms with Crippen LogP contribution in [0.2, 0.25) is 0 Å². The third-order valence-electron chi connectivity index (χ3n) is 9.60. The summed E-state index contributed by atoms with van der Waals surface area (Å²) in [7, 11) is 0. The van der Waals surface area contributed by atoms with Crippen LogP contribution in [0.15, 0.2) is 152 Å². The lowest BCUT2D eigenvalue weighted by Crippen LogP contribution is -1.99. The van der Waals surface area contributed by atoms with E-state index in [-0.39, 0.29) is 0 Å². The van der Waals surface area contributed by atoms with Crippen LogP contribution in [0.5, 0.6) is 0 Å². The van der Waals surface area contributed by atoms with Crippen LogP contribution >= 0.6 is 0 Å². The molecule has 2 heterocycles. The molecule has 0 aliphatic heterocycles. The number of hydrogen-bond donors (Lipinski definition) is 0. The van der Waals surface area contributed by atoms with Gasteiger partial charge >= 0.3 is 0 Å². The SMILES string of the molecule is [C-]#[N+]c1ccc(-c2cccc(-c3ccc(C#N)c(-n4c5ccccc5c5ccccc54)c3)c2)c(-n2c3ccccc3c3cc(C#N)ccc32)c1. The van der Waals surface area contributed by atoms with Gasteiger partial charge in [-0.05, 0) is 77.4 Å². The molecule has 0 fully saturated rings. The lowest BCUT2D eigenvalue weighted by molar-refractivity contribution is 1.17. The summed E-state index contributed by atoms with van der Waals surface area (Å²) >= 11 is 0. The second-order valence-corrected chi connectivity index (χ2v) is 12.3. The molecule has 0 saturated carbocycles. The Bertz CT molecular complexity index is 2920. The molecule has 0 bridgehead atoms. The van der Waals surface area contributed by atoms with E-state index in [9.17, 15) is 10.5 Å². The second-order valence-electron chi connectivity index (χ2n) is 12.3. The first kappa shape index (κ1) is 28.8. The Labute approximate surface area is 288 Å². The number of benzene rings is 7. The molecule has 0 aliphatic carbocycles. The molecule has 9 rings (SSSR count). The minimum atomic E-state index is 0.544. The maximum absolute atomic E-state index is 10.3. The zero-order chi connectivity index (χ0) is 33.8. The molecule has 0 spiro atoms. The third-order valence-corrected chi connectivity index (χ3v) is 9.60. The lowest BCUT2D eigenvalue weighted by atomic mass is 9.96. The summed E-state index contributed by atoms with van der Waals surface area (Å²) < 4.78 is 4.39. The van der Waals surface area contributed by atoms with Gasteiger partial charge in [0, 0.05) is 32.8 Å². The van der Waals surface area contributed by atoms with Gasteiger partial charge in [0.15, 0.2) is 5.69 Å². The smallest absolute Gasteiger partial charge is 0.189 e. The average molecular weight is 636 g/mol. The van der Waals surface area contributed by atoms with Crippen molar-refractivity contribution in [2.24, 2.45) is 0 Å². The number of nitriles is 2. The van der Waals surface area contributed by atoms with Crippen molar-refractivity contribution in [3.05, 3.63) is 174 Å². The Hall–Kier alpha value is -7.39. The van der Waals surface area contributed by atoms with Crippen LogP contribution in [0, 0.1) is 29.2 Å². The van der Waals surface area contributed by atoms with E-state index in [4.69, 9.17) is 6.57 Å². The van der Waals surface area contributed by atoms with Gasteiger partial charge in [0.1, 0.15) is 6.07 Å². The van der Waals surface area contributed by atoms with Crippen LogP contribution in [0.3, 0.4) is 0 Å². The number of hydrogen-bond acceptors (Lipinski definition) is 2. The highest BCUT2D eigenvalue weighted by molar-refractivity contribution is 6.11. The maximum Gasteiger partial charge on any atom is 0.189 e. The summed E-state index contributed by atoms with van der Waals surface area (Å²) in [6, 6.07) is 55.6. The molecule has 0 unspecified atom stereocenters. The van der Waals surface area contributed by atoms with Gasteiger partial charge in [-0.2, -0.15) is 10.5 Å². The van der Waals surface area contributed by atoms with Gasteiger partial charge in [-0.3, -0.25) is 0 Å². The highest BCUT2D eigenvalue weighted by atomic mass is 15.0. The van der Waals surface area contributed by atoms with Crippen molar-refractivity contribution in [1.82, 2.24) is 9.13 Å². The lowest BCUT2D eigenvalue weighted by Gasteiger charge is -2.16. The van der Waals surface area contributed by atoms with Gasteiger partial charge in [0.25, 0.3) is 0 Å². The summed E-state index contributed by atoms with van der Waals surface area (Å²) in [6.07, 6.45) is 0. The molecule has 5 heteroatoms. The number of rotatable bonds is 4. The van der Waals surface area contributed by atoms with Gasteiger partial charge in [0.2, 0.25) is 0 Å². The van der Waals surface area contributed by atoms with Gasteiger partial charge in [-0.15, -0.1) is 0 Å². The number of fused-ring (bicyclic) bond motifs is 6. The van der Waals surface area contributed by atoms with Crippen LogP contribution in [-0.2, 0) is 0 Å². The predicted molar refractivity (Wildman–Crippen MR) is 202 cm³/mol. The van der Waals surface area contributed by atoms with Crippen LogP contribution in [0.4, 0.5) is 5.69 Å². The van der Waals surface area contributed by atoms with Gasteiger partial charge < -0.3 is 9.13 Å². The van der Waals surface area contributed by atoms with E-state index in [0.29, 0.717) is 16.8 Å². The number of para-hydroxylation sites is 3. The van der Waals surface area contributed by atoms with E-state index in [1.165, 1.54) is 0 Å². The number of aromatic nitrogens is 2. The van der Waals surface area contributed by atoms with Gasteiger partial charge in [-0.1, -0.05) is 91.0 Å². The predicted octanol–water partition coefficient (Wildman–Crippen LogP) is 11.5. The quantitative estimate of drug-likeness (QED) is 0.181. The molecule has 9 aromatic rings. The van der Waals surface area contributed by atoms with Crippen LogP contribution < -0.4 is 0 Å². The number of nitrogens with zero attached hydrogens (tertiary/aromatic N) is 5. The largest absolute Gasteiger partial charge is 0.310 e. The first-order valence-electron chi connectivity index (χ1n) is 16.3. The van der Waals surface area contributed by atoms with Crippen molar-refractivity contribution in [3.63, 3.8) is 0 Å². The van der Waals surface area contributed by atoms with Crippen molar-refractivity contribution in [2.45, 2.75) is 0 Å². The molecule has 0 atom stereocenters. The second kappa shape index (κ2) is 11.4. The Morgan fingerprint density at radius 1 is 0.460 bits per heavy atom. The normalized spacial score (nSPS) is 11.1. The van der Waals surface area contributed by atoms with E-state index in [2.05, 4.69) is 92.8 Å². The Balaban J connectivity index is 1.25. The summed E-state index contributed by atoms with van der Waals surface area (Å²) in [5.74, 6) is 0. The molecule has 0 aliphatic rings. The van der Waals surface area contributed by atoms with Crippen molar-refractivity contribution in [2.75, 3.05) is 0 Å². The Kier molecular flexibility index (Phi) is 6.56. The minimum Gasteiger partial charge on any atom is -0.310 e. The molecule has 0 saturated heterocycles. The monoisotopic (exact) mass is 635 g/mol. The standard InChI is InChI=1S/C45H25N5/c1-48-34-20-21-35(45(26-34)50-42-16-7-4-13-38(42)39-23-29(27-46)17-22-43(39)50)32-10-8-9-30(24-32)31-18-19-33(28-47)44(25-31)49-40-14-5-2-11-36(40)37-12-3-6-15-41(37)49/h2-26H. The molecular weight excluding hydrogens is 611 g/mol. The third kappa shape index (κ3) is 4.38. The Morgan fingerprint density at radius 3 is 1.72 bits per heavy atom. The molecular formula is C45H25N5. The van der Waals surface area contributed by atoms with Crippen LogP contribution in [0.1, 0.15) is 11.1 Å². The van der Waals surface area contributed by atoms with Crippen molar-refractivity contribution in [3.8, 4) is 45.8 Å². The van der Waals surface area contributed by atoms with E-state index in [1.54, 1.807) is 0 Å². The molecule has 0 N–H and O–H groups in total. The molecule has 5 nitrogen and oxygen atoms in total. The van der Waals surface area contributed by atoms with Crippen molar-refractivity contribution < 1.29 is 0 Å². The van der Waals surface area contributed by atoms with Crippen LogP contribution in [-0.4, -0.2) is 9.13 Å². The zero-order valence-corrected chi connectivity index (χ0v) is 26.7. The van der Waals surface area contributed by atoms with E-state index < -0.39 is 0 Å². The topological polar surface area (TPSA) is 61.8 Å². The maximum atomic E-state index is 10.3. The van der Waals surface area contributed by atoms with Gasteiger partial charge in [-0.25, -0.2) is 4.85 Å². The molecule has 0 amide bonds. The fourth-order valence-electron chi connectivity index (χ4n) is 7.36. The first-order valence-corrected chi connectivity index (χ1v) is 16.3.